The van der Waals surface area contributed by atoms with Crippen LogP contribution in [0.1, 0.15) is 68.4 Å². The number of carbonyl (C=O) groups excluding carboxylic acids is 1. The van der Waals surface area contributed by atoms with Gasteiger partial charge in [-0.05, 0) is 35.1 Å². The summed E-state index contributed by atoms with van der Waals surface area (Å²) in [4.78, 5) is 24.5. The molecule has 31 heavy (non-hydrogen) atoms. The van der Waals surface area contributed by atoms with Gasteiger partial charge in [0, 0.05) is 12.0 Å². The minimum atomic E-state index is -0.829. The number of carbonyl (C=O) groups is 2. The largest absolute Gasteiger partial charge is 0.481 e. The summed E-state index contributed by atoms with van der Waals surface area (Å²) in [6.07, 6.45) is 7.06. The van der Waals surface area contributed by atoms with Gasteiger partial charge in [-0.25, -0.2) is 4.79 Å². The number of nitrogens with one attached hydrogen (secondary N) is 1. The van der Waals surface area contributed by atoms with Crippen LogP contribution >= 0.6 is 0 Å². The molecule has 2 aromatic rings. The first-order chi connectivity index (χ1) is 15.1. The van der Waals surface area contributed by atoms with E-state index >= 15 is 0 Å². The number of hydrogen-bond acceptors (Lipinski definition) is 3. The molecule has 2 unspecified atom stereocenters. The number of hydrogen-bond donors (Lipinski definition) is 2. The highest BCUT2D eigenvalue weighted by Crippen LogP contribution is 2.44. The summed E-state index contributed by atoms with van der Waals surface area (Å²) in [5, 5.41) is 12.6. The predicted octanol–water partition coefficient (Wildman–Crippen LogP) is 5.73. The summed E-state index contributed by atoms with van der Waals surface area (Å²) in [7, 11) is 0. The van der Waals surface area contributed by atoms with Gasteiger partial charge >= 0.3 is 12.1 Å². The van der Waals surface area contributed by atoms with Crippen molar-refractivity contribution in [3.8, 4) is 11.1 Å². The van der Waals surface area contributed by atoms with Crippen LogP contribution in [0.15, 0.2) is 48.5 Å². The second-order valence-corrected chi connectivity index (χ2v) is 8.72. The second-order valence-electron chi connectivity index (χ2n) is 8.72. The average molecular weight is 422 g/mol. The molecule has 0 bridgehead atoms. The minimum Gasteiger partial charge on any atom is -0.481 e. The first-order valence-corrected chi connectivity index (χ1v) is 11.5. The van der Waals surface area contributed by atoms with Gasteiger partial charge in [-0.2, -0.15) is 0 Å². The molecule has 0 heterocycles. The summed E-state index contributed by atoms with van der Waals surface area (Å²) in [5.41, 5.74) is 4.70. The highest BCUT2D eigenvalue weighted by atomic mass is 16.5. The highest BCUT2D eigenvalue weighted by Gasteiger charge is 2.32. The highest BCUT2D eigenvalue weighted by molar-refractivity contribution is 5.79. The Morgan fingerprint density at radius 3 is 2.00 bits per heavy atom. The van der Waals surface area contributed by atoms with Crippen LogP contribution < -0.4 is 5.32 Å². The number of fused-ring (bicyclic) bond motifs is 3. The van der Waals surface area contributed by atoms with Crippen molar-refractivity contribution in [2.24, 2.45) is 5.92 Å². The Bertz CT molecular complexity index is 880. The van der Waals surface area contributed by atoms with E-state index in [1.165, 1.54) is 28.7 Å². The third-order valence-electron chi connectivity index (χ3n) is 6.73. The van der Waals surface area contributed by atoms with Gasteiger partial charge in [0.2, 0.25) is 0 Å². The summed E-state index contributed by atoms with van der Waals surface area (Å²) in [5.74, 6) is -1.39. The molecule has 0 spiro atoms. The Labute approximate surface area is 183 Å². The van der Waals surface area contributed by atoms with Crippen LogP contribution in [0, 0.1) is 5.92 Å². The van der Waals surface area contributed by atoms with Crippen LogP contribution in [0.4, 0.5) is 4.79 Å². The van der Waals surface area contributed by atoms with E-state index in [2.05, 4.69) is 29.6 Å². The Morgan fingerprint density at radius 2 is 1.39 bits per heavy atom. The molecule has 0 radical (unpaired) electrons. The molecule has 2 atom stereocenters. The zero-order valence-corrected chi connectivity index (χ0v) is 17.9. The zero-order chi connectivity index (χ0) is 21.6. The molecule has 1 fully saturated rings. The zero-order valence-electron chi connectivity index (χ0n) is 17.9. The van der Waals surface area contributed by atoms with Crippen molar-refractivity contribution in [2.75, 3.05) is 6.61 Å². The molecule has 0 saturated heterocycles. The summed E-state index contributed by atoms with van der Waals surface area (Å²) in [6.45, 7) is 0.240. The fourth-order valence-corrected chi connectivity index (χ4v) is 5.10. The maximum Gasteiger partial charge on any atom is 0.407 e. The van der Waals surface area contributed by atoms with E-state index in [-0.39, 0.29) is 18.6 Å². The number of ether oxygens (including phenoxy) is 1. The van der Waals surface area contributed by atoms with Gasteiger partial charge in [0.25, 0.3) is 0 Å². The first kappa shape index (κ1) is 21.4. The third kappa shape index (κ3) is 4.92. The summed E-state index contributed by atoms with van der Waals surface area (Å²) < 4.78 is 5.66. The van der Waals surface area contributed by atoms with Gasteiger partial charge < -0.3 is 15.2 Å². The van der Waals surface area contributed by atoms with E-state index in [4.69, 9.17) is 4.74 Å². The molecule has 5 nitrogen and oxygen atoms in total. The van der Waals surface area contributed by atoms with Crippen molar-refractivity contribution >= 4 is 12.1 Å². The van der Waals surface area contributed by atoms with E-state index < -0.39 is 18.0 Å². The van der Waals surface area contributed by atoms with Crippen LogP contribution in [0.2, 0.25) is 0 Å². The molecule has 2 N–H and O–H groups in total. The number of carboxylic acid groups (broad SMARTS) is 1. The lowest BCUT2D eigenvalue weighted by Crippen LogP contribution is -2.44. The van der Waals surface area contributed by atoms with Gasteiger partial charge in [-0.15, -0.1) is 0 Å². The second kappa shape index (κ2) is 9.99. The van der Waals surface area contributed by atoms with E-state index in [1.807, 2.05) is 24.3 Å². The lowest BCUT2D eigenvalue weighted by Gasteiger charge is -2.26. The predicted molar refractivity (Wildman–Crippen MR) is 120 cm³/mol. The summed E-state index contributed by atoms with van der Waals surface area (Å²) in [6, 6.07) is 16.1. The van der Waals surface area contributed by atoms with Gasteiger partial charge in [-0.1, -0.05) is 87.1 Å². The van der Waals surface area contributed by atoms with Gasteiger partial charge in [0.15, 0.2) is 0 Å². The molecule has 1 saturated carbocycles. The number of aliphatic carboxylic acids is 1. The van der Waals surface area contributed by atoms with Crippen LogP contribution in [0.25, 0.3) is 11.1 Å². The summed E-state index contributed by atoms with van der Waals surface area (Å²) >= 11 is 0. The van der Waals surface area contributed by atoms with Crippen LogP contribution in [0.5, 0.6) is 0 Å². The standard InChI is InChI=1S/C26H31NO4/c28-25(29)22-15-5-3-1-2-4-6-16-24(22)27-26(30)31-17-23-20-13-9-7-11-18(20)19-12-8-10-14-21(19)23/h7-14,22-24H,1-6,15-17H2,(H,27,30)(H,28,29). The number of carboxylic acids is 1. The number of rotatable bonds is 4. The lowest BCUT2D eigenvalue weighted by atomic mass is 9.88. The SMILES string of the molecule is O=C(NC1CCCCCCCCC1C(=O)O)OCC1c2ccccc2-c2ccccc21. The first-order valence-electron chi connectivity index (χ1n) is 11.5. The monoisotopic (exact) mass is 421 g/mol. The molecule has 2 aliphatic carbocycles. The van der Waals surface area contributed by atoms with Crippen molar-refractivity contribution < 1.29 is 19.4 Å². The maximum atomic E-state index is 12.7. The normalized spacial score (nSPS) is 21.5. The smallest absolute Gasteiger partial charge is 0.407 e. The van der Waals surface area contributed by atoms with Gasteiger partial charge in [-0.3, -0.25) is 4.79 Å². The molecule has 0 aliphatic heterocycles. The minimum absolute atomic E-state index is 0.00235. The fourth-order valence-electron chi connectivity index (χ4n) is 5.10. The van der Waals surface area contributed by atoms with Crippen molar-refractivity contribution in [1.82, 2.24) is 5.32 Å². The maximum absolute atomic E-state index is 12.7. The Kier molecular flexibility index (Phi) is 6.90. The number of amides is 1. The number of benzene rings is 2. The van der Waals surface area contributed by atoms with Crippen LogP contribution in [-0.4, -0.2) is 29.8 Å². The molecule has 5 heteroatoms. The topological polar surface area (TPSA) is 75.6 Å². The molecule has 2 aromatic carbocycles. The molecule has 2 aliphatic rings. The third-order valence-corrected chi connectivity index (χ3v) is 6.73. The van der Waals surface area contributed by atoms with Gasteiger partial charge in [0.05, 0.1) is 5.92 Å². The van der Waals surface area contributed by atoms with Crippen molar-refractivity contribution in [3.05, 3.63) is 59.7 Å². The van der Waals surface area contributed by atoms with E-state index in [1.54, 1.807) is 0 Å². The lowest BCUT2D eigenvalue weighted by molar-refractivity contribution is -0.143. The molecule has 164 valence electrons. The van der Waals surface area contributed by atoms with Crippen molar-refractivity contribution in [3.63, 3.8) is 0 Å². The molecular weight excluding hydrogens is 390 g/mol. The van der Waals surface area contributed by atoms with Crippen LogP contribution in [0.3, 0.4) is 0 Å². The van der Waals surface area contributed by atoms with Gasteiger partial charge in [0.1, 0.15) is 6.61 Å². The average Bonchev–Trinajstić information content (AvgIpc) is 3.10. The fraction of sp³-hybridized carbons (Fsp3) is 0.462. The Hall–Kier alpha value is -2.82. The molecule has 4 rings (SSSR count). The quantitative estimate of drug-likeness (QED) is 0.661. The molecule has 0 aromatic heterocycles. The van der Waals surface area contributed by atoms with Crippen LogP contribution in [-0.2, 0) is 9.53 Å². The number of alkyl carbamates (subject to hydrolysis) is 1. The van der Waals surface area contributed by atoms with E-state index in [0.717, 1.165) is 32.1 Å². The van der Waals surface area contributed by atoms with E-state index in [9.17, 15) is 14.7 Å². The molecular formula is C26H31NO4. The Balaban J connectivity index is 1.42. The molecule has 1 amide bonds. The van der Waals surface area contributed by atoms with Crippen molar-refractivity contribution in [1.29, 1.82) is 0 Å². The van der Waals surface area contributed by atoms with E-state index in [0.29, 0.717) is 12.8 Å². The van der Waals surface area contributed by atoms with Crippen molar-refractivity contribution in [2.45, 2.75) is 63.3 Å². The Morgan fingerprint density at radius 1 is 0.839 bits per heavy atom.